The van der Waals surface area contributed by atoms with Crippen LogP contribution in [-0.2, 0) is 52.3 Å². The molecule has 19 heteroatoms. The van der Waals surface area contributed by atoms with Crippen molar-refractivity contribution in [1.29, 1.82) is 0 Å². The topological polar surface area (TPSA) is 220 Å². The second-order valence-electron chi connectivity index (χ2n) is 36.8. The maximum atomic E-state index is 12.9. The molecule has 0 bridgehead atoms. The van der Waals surface area contributed by atoms with Crippen molar-refractivity contribution in [1.82, 2.24) is 19.6 Å². The molecule has 0 saturated heterocycles. The van der Waals surface area contributed by atoms with E-state index in [0.29, 0.717) is 83.5 Å². The lowest BCUT2D eigenvalue weighted by Gasteiger charge is -2.26. The number of carboxylic acid groups (broad SMARTS) is 1. The standard InChI is InChI=1S/C53H104N2O7.C44H88N2O6.C10H20O2/c1-7-13-17-21-23-28-34-40-51(56)59-46-44-55(43-42-54(11-5)12-6)45-47-60-53(58)62-50(38-32-20-16-10-4)39-33-27-24-25-29-35-41-52(57)61-48-49(36-30-19-15-9-3)37-31-26-22-18-14-8-2;1-6-11-14-17-20-24-30-41(29-23-15-12-7-2)40-51-43(48)33-27-22-19-18-21-26-32-42(31-25-16-13-8-3)52-44(49)50-39-37-46(36-38-47)35-28-34-45(9-4)10-5;1-2-3-4-5-6-7-8-9-10(11)12/h49-50H,7-48H2,1-6H3;41-42,47H,6-40H2,1-5H3;2-9H2,1H3,(H,11,12). The first-order valence-electron chi connectivity index (χ1n) is 54.4. The van der Waals surface area contributed by atoms with E-state index in [1.165, 1.54) is 244 Å². The summed E-state index contributed by atoms with van der Waals surface area (Å²) in [7, 11) is 0. The molecule has 0 amide bonds. The van der Waals surface area contributed by atoms with Crippen LogP contribution < -0.4 is 0 Å². The van der Waals surface area contributed by atoms with Crippen LogP contribution in [0.25, 0.3) is 0 Å². The van der Waals surface area contributed by atoms with Gasteiger partial charge < -0.3 is 53.2 Å². The highest BCUT2D eigenvalue weighted by molar-refractivity contribution is 5.70. The summed E-state index contributed by atoms with van der Waals surface area (Å²) in [5.74, 6) is 0.211. The lowest BCUT2D eigenvalue weighted by molar-refractivity contribution is -0.146. The minimum Gasteiger partial charge on any atom is -0.481 e. The smallest absolute Gasteiger partial charge is 0.481 e. The van der Waals surface area contributed by atoms with Crippen LogP contribution in [0.15, 0.2) is 0 Å². The Balaban J connectivity index is -0.00000214. The number of carbonyl (C=O) groups is 6. The molecule has 0 rings (SSSR count). The monoisotopic (exact) mass is 1790 g/mol. The normalized spacial score (nSPS) is 12.4. The van der Waals surface area contributed by atoms with Crippen LogP contribution in [0.4, 0.5) is 9.59 Å². The lowest BCUT2D eigenvalue weighted by atomic mass is 9.95. The van der Waals surface area contributed by atoms with Crippen LogP contribution in [0.2, 0.25) is 0 Å². The number of aliphatic hydroxyl groups excluding tert-OH is 1. The highest BCUT2D eigenvalue weighted by Crippen LogP contribution is 2.25. The number of hydrogen-bond acceptors (Lipinski definition) is 18. The molecule has 4 atom stereocenters. The SMILES string of the molecule is CCCCCCCCC(CCCCCC)COC(=O)CCCCCCCCC(CCCCCC)OC(=O)OCCN(CCO)CCCN(CC)CC.CCCCCCCCCC(=O)O.CCCCCCCCCC(=O)OCCN(CCOC(=O)OC(CCCCCC)CCCCCCCCC(=O)OCC(CCCCCC)CCCCCCCC)CCN(CC)CC. The second kappa shape index (κ2) is 103. The molecule has 0 aliphatic carbocycles. The van der Waals surface area contributed by atoms with Crippen molar-refractivity contribution in [2.45, 2.75) is 525 Å². The molecule has 750 valence electrons. The quantitative estimate of drug-likeness (QED) is 0.0328. The molecule has 0 saturated carbocycles. The molecule has 0 aliphatic heterocycles. The van der Waals surface area contributed by atoms with Gasteiger partial charge >= 0.3 is 36.2 Å². The zero-order valence-corrected chi connectivity index (χ0v) is 85.4. The molecule has 0 heterocycles. The minimum atomic E-state index is -0.663. The molecule has 126 heavy (non-hydrogen) atoms. The Labute approximate surface area is 779 Å². The summed E-state index contributed by atoms with van der Waals surface area (Å²) < 4.78 is 40.0. The van der Waals surface area contributed by atoms with Crippen molar-refractivity contribution in [2.75, 3.05) is 118 Å². The van der Waals surface area contributed by atoms with E-state index in [1.54, 1.807) is 0 Å². The van der Waals surface area contributed by atoms with Crippen LogP contribution in [-0.4, -0.2) is 196 Å². The van der Waals surface area contributed by atoms with Crippen LogP contribution in [0.1, 0.15) is 513 Å². The maximum absolute atomic E-state index is 12.9. The van der Waals surface area contributed by atoms with E-state index in [4.69, 9.17) is 38.3 Å². The molecule has 2 N–H and O–H groups in total. The predicted molar refractivity (Wildman–Crippen MR) is 530 cm³/mol. The molecular weight excluding hydrogens is 1580 g/mol. The highest BCUT2D eigenvalue weighted by Gasteiger charge is 2.21. The van der Waals surface area contributed by atoms with Crippen LogP contribution >= 0.6 is 0 Å². The molecule has 4 unspecified atom stereocenters. The number of likely N-dealkylation sites (N-methyl/N-ethyl adjacent to an activating group) is 1. The van der Waals surface area contributed by atoms with Crippen molar-refractivity contribution in [3.63, 3.8) is 0 Å². The van der Waals surface area contributed by atoms with Gasteiger partial charge in [-0.05, 0) is 160 Å². The predicted octanol–water partition coefficient (Wildman–Crippen LogP) is 29.5. The number of esters is 3. The third-order valence-corrected chi connectivity index (χ3v) is 25.2. The van der Waals surface area contributed by atoms with Crippen LogP contribution in [0.3, 0.4) is 0 Å². The van der Waals surface area contributed by atoms with Gasteiger partial charge in [0.05, 0.1) is 19.8 Å². The van der Waals surface area contributed by atoms with E-state index in [9.17, 15) is 33.9 Å². The number of carboxylic acids is 1. The maximum Gasteiger partial charge on any atom is 0.508 e. The Kier molecular flexibility index (Phi) is 104. The van der Waals surface area contributed by atoms with E-state index in [1.807, 2.05) is 0 Å². The van der Waals surface area contributed by atoms with Gasteiger partial charge in [-0.3, -0.25) is 29.0 Å². The van der Waals surface area contributed by atoms with Gasteiger partial charge in [-0.25, -0.2) is 9.59 Å². The molecule has 0 aromatic heterocycles. The third-order valence-electron chi connectivity index (χ3n) is 25.2. The fourth-order valence-electron chi connectivity index (χ4n) is 16.5. The van der Waals surface area contributed by atoms with Crippen molar-refractivity contribution in [3.05, 3.63) is 0 Å². The minimum absolute atomic E-state index is 0.0205. The van der Waals surface area contributed by atoms with Crippen molar-refractivity contribution >= 4 is 36.2 Å². The Hall–Kier alpha value is -3.78. The van der Waals surface area contributed by atoms with Crippen molar-refractivity contribution in [3.8, 4) is 0 Å². The fourth-order valence-corrected chi connectivity index (χ4v) is 16.5. The second-order valence-corrected chi connectivity index (χ2v) is 36.8. The fraction of sp³-hybridized carbons (Fsp3) is 0.944. The number of rotatable bonds is 96. The zero-order chi connectivity index (χ0) is 93.1. The highest BCUT2D eigenvalue weighted by atomic mass is 16.7. The first kappa shape index (κ1) is 126. The number of hydrogen-bond donors (Lipinski definition) is 2. The van der Waals surface area contributed by atoms with Crippen molar-refractivity contribution < 1.29 is 72.1 Å². The summed E-state index contributed by atoms with van der Waals surface area (Å²) >= 11 is 0. The Morgan fingerprint density at radius 1 is 0.230 bits per heavy atom. The number of ether oxygens (including phenoxy) is 7. The summed E-state index contributed by atoms with van der Waals surface area (Å²) in [6.45, 7) is 38.8. The average Bonchev–Trinajstić information content (AvgIpc) is 0.953. The van der Waals surface area contributed by atoms with Gasteiger partial charge in [0, 0.05) is 65.0 Å². The number of unbranched alkanes of at least 4 members (excludes halogenated alkanes) is 44. The summed E-state index contributed by atoms with van der Waals surface area (Å²) in [5.41, 5.74) is 0. The average molecular weight is 1790 g/mol. The van der Waals surface area contributed by atoms with E-state index in [2.05, 4.69) is 103 Å². The molecule has 0 fully saturated rings. The van der Waals surface area contributed by atoms with Crippen LogP contribution in [0, 0.1) is 11.8 Å². The van der Waals surface area contributed by atoms with E-state index >= 15 is 0 Å². The molecule has 0 aliphatic rings. The molecule has 0 aromatic carbocycles. The first-order chi connectivity index (χ1) is 61.5. The van der Waals surface area contributed by atoms with Gasteiger partial charge in [0.15, 0.2) is 0 Å². The third kappa shape index (κ3) is 94.9. The summed E-state index contributed by atoms with van der Waals surface area (Å²) in [6.07, 6.45) is 74.1. The summed E-state index contributed by atoms with van der Waals surface area (Å²) in [5, 5.41) is 17.8. The number of carbonyl (C=O) groups excluding carboxylic acids is 5. The van der Waals surface area contributed by atoms with Crippen molar-refractivity contribution in [2.24, 2.45) is 11.8 Å². The van der Waals surface area contributed by atoms with Gasteiger partial charge in [-0.2, -0.15) is 0 Å². The van der Waals surface area contributed by atoms with E-state index in [-0.39, 0.29) is 49.9 Å². The van der Waals surface area contributed by atoms with E-state index < -0.39 is 18.3 Å². The lowest BCUT2D eigenvalue weighted by Crippen LogP contribution is -2.39. The first-order valence-corrected chi connectivity index (χ1v) is 54.4. The molecule has 0 aromatic rings. The number of nitrogens with zero attached hydrogens (tertiary/aromatic N) is 4. The Morgan fingerprint density at radius 3 is 0.754 bits per heavy atom. The van der Waals surface area contributed by atoms with Gasteiger partial charge in [-0.1, -0.05) is 378 Å². The molecular formula is C107H212N4O15. The molecule has 19 nitrogen and oxygen atoms in total. The largest absolute Gasteiger partial charge is 0.508 e. The molecule has 0 radical (unpaired) electrons. The van der Waals surface area contributed by atoms with Gasteiger partial charge in [-0.15, -0.1) is 0 Å². The zero-order valence-electron chi connectivity index (χ0n) is 85.4. The number of aliphatic hydroxyl groups is 1. The van der Waals surface area contributed by atoms with Gasteiger partial charge in [0.25, 0.3) is 0 Å². The van der Waals surface area contributed by atoms with E-state index in [0.717, 1.165) is 213 Å². The Bertz CT molecular complexity index is 2260. The van der Waals surface area contributed by atoms with Gasteiger partial charge in [0.2, 0.25) is 0 Å². The summed E-state index contributed by atoms with van der Waals surface area (Å²) in [6, 6.07) is 0. The molecule has 0 spiro atoms. The van der Waals surface area contributed by atoms with Gasteiger partial charge in [0.1, 0.15) is 32.0 Å². The van der Waals surface area contributed by atoms with Crippen LogP contribution in [0.5, 0.6) is 0 Å². The Morgan fingerprint density at radius 2 is 0.460 bits per heavy atom. The number of aliphatic carboxylic acids is 1. The summed E-state index contributed by atoms with van der Waals surface area (Å²) in [4.78, 5) is 82.3.